The predicted molar refractivity (Wildman–Crippen MR) is 121 cm³/mol. The van der Waals surface area contributed by atoms with Crippen molar-refractivity contribution in [3.63, 3.8) is 0 Å². The number of hydrogen-bond acceptors (Lipinski definition) is 5. The van der Waals surface area contributed by atoms with Crippen LogP contribution < -0.4 is 4.74 Å². The van der Waals surface area contributed by atoms with Gasteiger partial charge in [0, 0.05) is 36.3 Å². The maximum Gasteiger partial charge on any atom is 0.228 e. The van der Waals surface area contributed by atoms with E-state index in [9.17, 15) is 9.59 Å². The Morgan fingerprint density at radius 3 is 2.62 bits per heavy atom. The highest BCUT2D eigenvalue weighted by Crippen LogP contribution is 2.42. The van der Waals surface area contributed by atoms with Crippen molar-refractivity contribution in [1.29, 1.82) is 0 Å². The van der Waals surface area contributed by atoms with E-state index in [0.717, 1.165) is 22.1 Å². The Balaban J connectivity index is 1.30. The van der Waals surface area contributed by atoms with Gasteiger partial charge < -0.3 is 14.2 Å². The molecule has 6 nitrogen and oxygen atoms in total. The van der Waals surface area contributed by atoms with Crippen LogP contribution in [0.3, 0.4) is 0 Å². The number of hydrogen-bond donors (Lipinski definition) is 0. The number of piperidine rings is 1. The third-order valence-electron chi connectivity index (χ3n) is 6.67. The largest absolute Gasteiger partial charge is 0.486 e. The van der Waals surface area contributed by atoms with Gasteiger partial charge in [-0.3, -0.25) is 9.59 Å². The number of ether oxygens (including phenoxy) is 1. The summed E-state index contributed by atoms with van der Waals surface area (Å²) in [6.07, 6.45) is 1.74. The molecule has 1 fully saturated rings. The van der Waals surface area contributed by atoms with Crippen LogP contribution in [0.2, 0.25) is 5.02 Å². The molecule has 3 aromatic rings. The molecular weight excluding hydrogens is 428 g/mol. The first-order chi connectivity index (χ1) is 15.2. The quantitative estimate of drug-likeness (QED) is 0.548. The van der Waals surface area contributed by atoms with Crippen molar-refractivity contribution in [1.82, 2.24) is 10.1 Å². The van der Waals surface area contributed by atoms with Gasteiger partial charge in [-0.25, -0.2) is 0 Å². The van der Waals surface area contributed by atoms with Crippen molar-refractivity contribution in [2.24, 2.45) is 0 Å². The second-order valence-electron chi connectivity index (χ2n) is 9.13. The zero-order chi connectivity index (χ0) is 22.6. The highest BCUT2D eigenvalue weighted by atomic mass is 35.5. The van der Waals surface area contributed by atoms with Gasteiger partial charge in [0.2, 0.25) is 5.91 Å². The van der Waals surface area contributed by atoms with Gasteiger partial charge >= 0.3 is 0 Å². The average Bonchev–Trinajstić information content (AvgIpc) is 3.12. The van der Waals surface area contributed by atoms with Gasteiger partial charge in [-0.05, 0) is 55.7 Å². The number of ketones is 1. The minimum Gasteiger partial charge on any atom is -0.486 e. The van der Waals surface area contributed by atoms with E-state index in [-0.39, 0.29) is 18.1 Å². The van der Waals surface area contributed by atoms with Gasteiger partial charge in [-0.15, -0.1) is 0 Å². The van der Waals surface area contributed by atoms with E-state index in [1.807, 2.05) is 37.8 Å². The van der Waals surface area contributed by atoms with Crippen molar-refractivity contribution in [2.75, 3.05) is 13.1 Å². The molecule has 2 aliphatic heterocycles. The lowest BCUT2D eigenvalue weighted by atomic mass is 9.82. The monoisotopic (exact) mass is 452 g/mol. The van der Waals surface area contributed by atoms with E-state index >= 15 is 0 Å². The number of aryl methyl sites for hydroxylation is 3. The number of carbonyl (C=O) groups excluding carboxylic acids is 2. The number of nitrogens with zero attached hydrogens (tertiary/aromatic N) is 2. The van der Waals surface area contributed by atoms with Crippen LogP contribution in [-0.4, -0.2) is 40.4 Å². The molecule has 3 heterocycles. The maximum absolute atomic E-state index is 13.0. The van der Waals surface area contributed by atoms with Crippen LogP contribution in [0.1, 0.15) is 52.0 Å². The number of halogens is 1. The lowest BCUT2D eigenvalue weighted by Crippen LogP contribution is -2.52. The molecule has 0 aliphatic carbocycles. The number of aromatic nitrogens is 1. The van der Waals surface area contributed by atoms with Gasteiger partial charge in [0.25, 0.3) is 0 Å². The minimum atomic E-state index is -0.561. The number of carbonyl (C=O) groups is 2. The molecule has 1 aromatic heterocycles. The molecule has 0 atom stereocenters. The Morgan fingerprint density at radius 1 is 1.12 bits per heavy atom. The molecular formula is C25H25ClN2O4. The third kappa shape index (κ3) is 3.56. The van der Waals surface area contributed by atoms with Crippen molar-refractivity contribution >= 4 is 34.3 Å². The van der Waals surface area contributed by atoms with E-state index in [2.05, 4.69) is 11.2 Å². The first-order valence-electron chi connectivity index (χ1n) is 10.9. The standard InChI is InChI=1S/C25H25ClN2O4/c1-14-8-15(2)23-19(27-32-21(23)9-14)12-22(30)28-6-4-25(5-7-28)13-20(29)18-11-17(26)10-16(3)24(18)31-25/h8-11H,4-7,12-13H2,1-3H3. The minimum absolute atomic E-state index is 0.0144. The Bertz CT molecular complexity index is 1250. The molecule has 32 heavy (non-hydrogen) atoms. The zero-order valence-corrected chi connectivity index (χ0v) is 19.2. The lowest BCUT2D eigenvalue weighted by Gasteiger charge is -2.44. The van der Waals surface area contributed by atoms with Gasteiger partial charge in [0.15, 0.2) is 11.4 Å². The molecule has 1 saturated heterocycles. The number of fused-ring (bicyclic) bond motifs is 2. The van der Waals surface area contributed by atoms with Crippen molar-refractivity contribution in [2.45, 2.75) is 52.1 Å². The topological polar surface area (TPSA) is 72.6 Å². The molecule has 1 spiro atoms. The fraction of sp³-hybridized carbons (Fsp3) is 0.400. The first kappa shape index (κ1) is 21.0. The molecule has 7 heteroatoms. The molecule has 0 bridgehead atoms. The maximum atomic E-state index is 13.0. The number of benzene rings is 2. The van der Waals surface area contributed by atoms with E-state index in [4.69, 9.17) is 20.9 Å². The highest BCUT2D eigenvalue weighted by molar-refractivity contribution is 6.31. The van der Waals surface area contributed by atoms with Crippen LogP contribution in [-0.2, 0) is 11.2 Å². The van der Waals surface area contributed by atoms with Crippen LogP contribution >= 0.6 is 11.6 Å². The number of likely N-dealkylation sites (tertiary alicyclic amines) is 1. The molecule has 166 valence electrons. The van der Waals surface area contributed by atoms with Gasteiger partial charge in [-0.1, -0.05) is 22.8 Å². The summed E-state index contributed by atoms with van der Waals surface area (Å²) in [5.41, 5.74) is 4.41. The molecule has 0 unspecified atom stereocenters. The van der Waals surface area contributed by atoms with Crippen LogP contribution in [0.4, 0.5) is 0 Å². The number of rotatable bonds is 2. The van der Waals surface area contributed by atoms with Crippen LogP contribution in [0, 0.1) is 20.8 Å². The highest BCUT2D eigenvalue weighted by Gasteiger charge is 2.44. The number of Topliss-reactive ketones (excluding diaryl/α,β-unsaturated/α-hetero) is 1. The fourth-order valence-corrected chi connectivity index (χ4v) is 5.32. The van der Waals surface area contributed by atoms with E-state index in [0.29, 0.717) is 60.0 Å². The van der Waals surface area contributed by atoms with E-state index in [1.165, 1.54) is 0 Å². The Hall–Kier alpha value is -2.86. The molecule has 0 N–H and O–H groups in total. The van der Waals surface area contributed by atoms with Crippen molar-refractivity contribution < 1.29 is 18.8 Å². The Morgan fingerprint density at radius 2 is 1.88 bits per heavy atom. The second-order valence-corrected chi connectivity index (χ2v) is 9.56. The lowest BCUT2D eigenvalue weighted by molar-refractivity contribution is -0.134. The van der Waals surface area contributed by atoms with Crippen LogP contribution in [0.25, 0.3) is 11.0 Å². The van der Waals surface area contributed by atoms with Gasteiger partial charge in [0.1, 0.15) is 17.0 Å². The van der Waals surface area contributed by atoms with Crippen LogP contribution in [0.5, 0.6) is 5.75 Å². The van der Waals surface area contributed by atoms with Crippen molar-refractivity contribution in [3.05, 3.63) is 57.2 Å². The predicted octanol–water partition coefficient (Wildman–Crippen LogP) is 4.98. The molecule has 2 aromatic carbocycles. The normalized spacial score (nSPS) is 17.5. The Kier molecular flexibility index (Phi) is 5.01. The third-order valence-corrected chi connectivity index (χ3v) is 6.89. The smallest absolute Gasteiger partial charge is 0.228 e. The molecule has 0 radical (unpaired) electrons. The Labute approximate surface area is 191 Å². The van der Waals surface area contributed by atoms with Crippen molar-refractivity contribution in [3.8, 4) is 5.75 Å². The van der Waals surface area contributed by atoms with Gasteiger partial charge in [0.05, 0.1) is 18.4 Å². The van der Waals surface area contributed by atoms with E-state index in [1.54, 1.807) is 6.07 Å². The van der Waals surface area contributed by atoms with E-state index < -0.39 is 5.60 Å². The molecule has 2 aliphatic rings. The SMILES string of the molecule is Cc1cc(C)c2c(CC(=O)N3CCC4(CC3)CC(=O)c3cc(Cl)cc(C)c3O4)noc2c1. The number of amides is 1. The summed E-state index contributed by atoms with van der Waals surface area (Å²) in [5.74, 6) is 0.697. The summed E-state index contributed by atoms with van der Waals surface area (Å²) >= 11 is 6.13. The van der Waals surface area contributed by atoms with Crippen LogP contribution in [0.15, 0.2) is 28.8 Å². The summed E-state index contributed by atoms with van der Waals surface area (Å²) in [5, 5.41) is 5.63. The summed E-state index contributed by atoms with van der Waals surface area (Å²) in [6, 6.07) is 7.52. The second kappa shape index (κ2) is 7.62. The fourth-order valence-electron chi connectivity index (χ4n) is 5.05. The summed E-state index contributed by atoms with van der Waals surface area (Å²) in [7, 11) is 0. The first-order valence-corrected chi connectivity index (χ1v) is 11.3. The zero-order valence-electron chi connectivity index (χ0n) is 18.5. The molecule has 0 saturated carbocycles. The van der Waals surface area contributed by atoms with Gasteiger partial charge in [-0.2, -0.15) is 0 Å². The molecule has 1 amide bonds. The summed E-state index contributed by atoms with van der Waals surface area (Å²) < 4.78 is 11.9. The summed E-state index contributed by atoms with van der Waals surface area (Å²) in [6.45, 7) is 7.01. The molecule has 5 rings (SSSR count). The summed E-state index contributed by atoms with van der Waals surface area (Å²) in [4.78, 5) is 27.7. The average molecular weight is 453 g/mol.